The molecule has 9 heteroatoms. The molecule has 0 saturated carbocycles. The highest BCUT2D eigenvalue weighted by molar-refractivity contribution is 6.04. The van der Waals surface area contributed by atoms with Gasteiger partial charge in [-0.1, -0.05) is 6.08 Å². The van der Waals surface area contributed by atoms with Crippen molar-refractivity contribution in [1.82, 2.24) is 15.0 Å². The first-order valence-corrected chi connectivity index (χ1v) is 8.56. The maximum Gasteiger partial charge on any atom is 0.274 e. The van der Waals surface area contributed by atoms with E-state index in [4.69, 9.17) is 5.73 Å². The molecular formula is C20H17FN6O2. The van der Waals surface area contributed by atoms with Crippen molar-refractivity contribution in [2.24, 2.45) is 0 Å². The molecule has 0 spiro atoms. The average molecular weight is 392 g/mol. The molecule has 0 aliphatic carbocycles. The van der Waals surface area contributed by atoms with Crippen molar-refractivity contribution in [1.29, 1.82) is 0 Å². The summed E-state index contributed by atoms with van der Waals surface area (Å²) in [5, 5.41) is 5.23. The van der Waals surface area contributed by atoms with Crippen LogP contribution in [-0.2, 0) is 4.79 Å². The van der Waals surface area contributed by atoms with Crippen LogP contribution in [-0.4, -0.2) is 26.8 Å². The molecule has 2 heterocycles. The van der Waals surface area contributed by atoms with E-state index in [0.29, 0.717) is 11.4 Å². The van der Waals surface area contributed by atoms with E-state index in [1.165, 1.54) is 24.4 Å². The first-order valence-electron chi connectivity index (χ1n) is 8.56. The number of nitrogens with zero attached hydrogens (tertiary/aromatic N) is 3. The summed E-state index contributed by atoms with van der Waals surface area (Å²) in [4.78, 5) is 36.2. The molecule has 3 rings (SSSR count). The molecule has 0 bridgehead atoms. The van der Waals surface area contributed by atoms with Gasteiger partial charge in [0.25, 0.3) is 5.91 Å². The lowest BCUT2D eigenvalue weighted by atomic mass is 10.2. The fourth-order valence-corrected chi connectivity index (χ4v) is 2.33. The van der Waals surface area contributed by atoms with Gasteiger partial charge in [0, 0.05) is 18.8 Å². The van der Waals surface area contributed by atoms with E-state index >= 15 is 0 Å². The van der Waals surface area contributed by atoms with Crippen LogP contribution in [0.15, 0.2) is 61.2 Å². The van der Waals surface area contributed by atoms with Gasteiger partial charge in [-0.05, 0) is 36.4 Å². The Bertz CT molecular complexity index is 1040. The number of nitrogens with two attached hydrogens (primary N) is 1. The van der Waals surface area contributed by atoms with Crippen LogP contribution in [0.25, 0.3) is 6.08 Å². The van der Waals surface area contributed by atoms with Crippen molar-refractivity contribution >= 4 is 35.0 Å². The van der Waals surface area contributed by atoms with Gasteiger partial charge < -0.3 is 16.4 Å². The third kappa shape index (κ3) is 5.67. The number of nitrogens with one attached hydrogen (secondary N) is 2. The molecule has 0 fully saturated rings. The molecule has 2 aromatic heterocycles. The van der Waals surface area contributed by atoms with E-state index in [2.05, 4.69) is 25.6 Å². The molecule has 3 aromatic rings. The maximum atomic E-state index is 13.1. The summed E-state index contributed by atoms with van der Waals surface area (Å²) in [6, 6.07) is 6.68. The van der Waals surface area contributed by atoms with Crippen molar-refractivity contribution in [2.45, 2.75) is 6.42 Å². The van der Waals surface area contributed by atoms with E-state index in [0.717, 1.165) is 6.07 Å². The normalized spacial score (nSPS) is 10.7. The van der Waals surface area contributed by atoms with Crippen molar-refractivity contribution in [3.05, 3.63) is 78.4 Å². The fourth-order valence-electron chi connectivity index (χ4n) is 2.33. The Hall–Kier alpha value is -4.14. The summed E-state index contributed by atoms with van der Waals surface area (Å²) in [6.07, 6.45) is 9.59. The molecule has 0 aliphatic rings. The predicted molar refractivity (Wildman–Crippen MR) is 107 cm³/mol. The Balaban J connectivity index is 1.54. The fraction of sp³-hybridized carbons (Fsp3) is 0.0500. The number of hydrogen-bond acceptors (Lipinski definition) is 6. The lowest BCUT2D eigenvalue weighted by molar-refractivity contribution is -0.115. The number of halogens is 1. The second kappa shape index (κ2) is 9.18. The van der Waals surface area contributed by atoms with Crippen LogP contribution in [0.1, 0.15) is 22.6 Å². The van der Waals surface area contributed by atoms with Gasteiger partial charge in [0.15, 0.2) is 0 Å². The Labute approximate surface area is 165 Å². The van der Waals surface area contributed by atoms with Crippen LogP contribution < -0.4 is 16.4 Å². The Morgan fingerprint density at radius 1 is 1.07 bits per heavy atom. The highest BCUT2D eigenvalue weighted by Gasteiger charge is 2.10. The number of hydrogen-bond donors (Lipinski definition) is 3. The molecule has 0 radical (unpaired) electrons. The van der Waals surface area contributed by atoms with E-state index < -0.39 is 11.7 Å². The molecule has 0 aliphatic heterocycles. The van der Waals surface area contributed by atoms with Crippen molar-refractivity contribution < 1.29 is 14.0 Å². The van der Waals surface area contributed by atoms with Crippen molar-refractivity contribution in [3.63, 3.8) is 0 Å². The molecule has 0 unspecified atom stereocenters. The highest BCUT2D eigenvalue weighted by Crippen LogP contribution is 2.20. The second-order valence-corrected chi connectivity index (χ2v) is 5.90. The van der Waals surface area contributed by atoms with Gasteiger partial charge in [0.05, 0.1) is 35.1 Å². The summed E-state index contributed by atoms with van der Waals surface area (Å²) in [6.45, 7) is 0. The van der Waals surface area contributed by atoms with Gasteiger partial charge in [-0.25, -0.2) is 9.37 Å². The molecule has 8 nitrogen and oxygen atoms in total. The first kappa shape index (κ1) is 19.6. The number of benzene rings is 1. The quantitative estimate of drug-likeness (QED) is 0.554. The molecular weight excluding hydrogens is 375 g/mol. The average Bonchev–Trinajstić information content (AvgIpc) is 2.71. The van der Waals surface area contributed by atoms with Crippen LogP contribution in [0.2, 0.25) is 0 Å². The Morgan fingerprint density at radius 3 is 2.62 bits per heavy atom. The van der Waals surface area contributed by atoms with Crippen LogP contribution in [0.5, 0.6) is 0 Å². The SMILES string of the molecule is Nc1cc(F)ccc1NC(=O)c1ccc(NC(=O)C/C=C/c2cnccn2)cn1. The van der Waals surface area contributed by atoms with Gasteiger partial charge in [0.1, 0.15) is 11.5 Å². The largest absolute Gasteiger partial charge is 0.397 e. The van der Waals surface area contributed by atoms with E-state index in [-0.39, 0.29) is 29.4 Å². The molecule has 146 valence electrons. The standard InChI is InChI=1S/C20H17FN6O2/c21-13-4-6-17(16(22)10-13)27-20(29)18-7-5-15(12-25-18)26-19(28)3-1-2-14-11-23-8-9-24-14/h1-2,4-12H,3,22H2,(H,26,28)(H,27,29)/b2-1+. The number of aromatic nitrogens is 3. The summed E-state index contributed by atoms with van der Waals surface area (Å²) in [5.74, 6) is -1.25. The van der Waals surface area contributed by atoms with Crippen LogP contribution in [0, 0.1) is 5.82 Å². The highest BCUT2D eigenvalue weighted by atomic mass is 19.1. The van der Waals surface area contributed by atoms with Crippen LogP contribution in [0.3, 0.4) is 0 Å². The number of carbonyl (C=O) groups is 2. The number of anilines is 3. The molecule has 4 N–H and O–H groups in total. The minimum absolute atomic E-state index is 0.108. The lowest BCUT2D eigenvalue weighted by Crippen LogP contribution is -2.15. The van der Waals surface area contributed by atoms with Gasteiger partial charge >= 0.3 is 0 Å². The van der Waals surface area contributed by atoms with Gasteiger partial charge in [-0.15, -0.1) is 0 Å². The van der Waals surface area contributed by atoms with Crippen molar-refractivity contribution in [2.75, 3.05) is 16.4 Å². The Kier molecular flexibility index (Phi) is 6.21. The van der Waals surface area contributed by atoms with Gasteiger partial charge in [-0.3, -0.25) is 19.6 Å². The zero-order valence-electron chi connectivity index (χ0n) is 15.2. The maximum absolute atomic E-state index is 13.1. The topological polar surface area (TPSA) is 123 Å². The summed E-state index contributed by atoms with van der Waals surface area (Å²) in [7, 11) is 0. The number of pyridine rings is 1. The number of carbonyl (C=O) groups excluding carboxylic acids is 2. The molecule has 29 heavy (non-hydrogen) atoms. The zero-order valence-corrected chi connectivity index (χ0v) is 15.2. The van der Waals surface area contributed by atoms with Crippen LogP contribution in [0.4, 0.5) is 21.5 Å². The minimum Gasteiger partial charge on any atom is -0.397 e. The summed E-state index contributed by atoms with van der Waals surface area (Å²) < 4.78 is 13.1. The smallest absolute Gasteiger partial charge is 0.274 e. The van der Waals surface area contributed by atoms with Gasteiger partial charge in [0.2, 0.25) is 5.91 Å². The second-order valence-electron chi connectivity index (χ2n) is 5.90. The third-order valence-electron chi connectivity index (χ3n) is 3.72. The number of rotatable bonds is 6. The minimum atomic E-state index is -0.506. The van der Waals surface area contributed by atoms with E-state index in [1.807, 2.05) is 0 Å². The lowest BCUT2D eigenvalue weighted by Gasteiger charge is -2.08. The summed E-state index contributed by atoms with van der Waals surface area (Å²) >= 11 is 0. The first-order chi connectivity index (χ1) is 14.0. The van der Waals surface area contributed by atoms with Gasteiger partial charge in [-0.2, -0.15) is 0 Å². The Morgan fingerprint density at radius 2 is 1.93 bits per heavy atom. The summed E-state index contributed by atoms with van der Waals surface area (Å²) in [5.41, 5.74) is 7.28. The number of amides is 2. The van der Waals surface area contributed by atoms with Crippen molar-refractivity contribution in [3.8, 4) is 0 Å². The van der Waals surface area contributed by atoms with Crippen LogP contribution >= 0.6 is 0 Å². The molecule has 1 aromatic carbocycles. The molecule has 2 amide bonds. The third-order valence-corrected chi connectivity index (χ3v) is 3.72. The van der Waals surface area contributed by atoms with E-state index in [1.54, 1.807) is 36.8 Å². The number of nitrogen functional groups attached to an aromatic ring is 1. The predicted octanol–water partition coefficient (Wildman–Crippen LogP) is 2.89. The molecule has 0 saturated heterocycles. The molecule has 0 atom stereocenters. The monoisotopic (exact) mass is 392 g/mol. The van der Waals surface area contributed by atoms with E-state index in [9.17, 15) is 14.0 Å². The zero-order chi connectivity index (χ0) is 20.6.